The molecule has 0 aromatic heterocycles. The van der Waals surface area contributed by atoms with Crippen molar-refractivity contribution in [3.8, 4) is 0 Å². The quantitative estimate of drug-likeness (QED) is 0.745. The number of piperidine rings is 2. The Balaban J connectivity index is 0.00000144. The summed E-state index contributed by atoms with van der Waals surface area (Å²) in [7, 11) is 0. The minimum absolute atomic E-state index is 0. The van der Waals surface area contributed by atoms with Crippen LogP contribution in [0, 0.1) is 17.8 Å². The molecule has 1 aliphatic carbocycles. The van der Waals surface area contributed by atoms with E-state index in [9.17, 15) is 4.79 Å². The van der Waals surface area contributed by atoms with Crippen LogP contribution in [0.1, 0.15) is 51.9 Å². The molecule has 2 N–H and O–H groups in total. The van der Waals surface area contributed by atoms with Gasteiger partial charge >= 0.3 is 0 Å². The molecule has 24 heavy (non-hydrogen) atoms. The molecule has 0 aromatic carbocycles. The number of amides is 1. The van der Waals surface area contributed by atoms with Crippen molar-refractivity contribution in [1.29, 1.82) is 0 Å². The summed E-state index contributed by atoms with van der Waals surface area (Å²) in [6.45, 7) is 8.12. The minimum Gasteiger partial charge on any atom is -0.353 e. The van der Waals surface area contributed by atoms with E-state index in [-0.39, 0.29) is 30.7 Å². The molecule has 2 saturated heterocycles. The Bertz CT molecular complexity index is 365. The summed E-state index contributed by atoms with van der Waals surface area (Å²) in [6, 6.07) is 0.416. The number of hydrogen-bond donors (Lipinski definition) is 2. The minimum atomic E-state index is 0. The predicted octanol–water partition coefficient (Wildman–Crippen LogP) is 2.85. The molecule has 0 aromatic rings. The number of halogens is 2. The van der Waals surface area contributed by atoms with Gasteiger partial charge in [0.25, 0.3) is 0 Å². The molecular formula is C18H35Cl2N3O. The summed E-state index contributed by atoms with van der Waals surface area (Å²) < 4.78 is 0. The fourth-order valence-corrected chi connectivity index (χ4v) is 4.04. The first-order valence-corrected chi connectivity index (χ1v) is 9.43. The molecule has 3 aliphatic rings. The normalized spacial score (nSPS) is 26.8. The smallest absolute Gasteiger partial charge is 0.220 e. The van der Waals surface area contributed by atoms with Crippen LogP contribution in [0.4, 0.5) is 0 Å². The summed E-state index contributed by atoms with van der Waals surface area (Å²) in [5.74, 6) is 2.44. The van der Waals surface area contributed by atoms with Gasteiger partial charge in [0, 0.05) is 32.1 Å². The van der Waals surface area contributed by atoms with Gasteiger partial charge in [-0.2, -0.15) is 0 Å². The van der Waals surface area contributed by atoms with Crippen molar-refractivity contribution in [2.75, 3.05) is 32.7 Å². The lowest BCUT2D eigenvalue weighted by Gasteiger charge is -2.33. The van der Waals surface area contributed by atoms with Crippen molar-refractivity contribution in [3.63, 3.8) is 0 Å². The predicted molar refractivity (Wildman–Crippen MR) is 104 cm³/mol. The van der Waals surface area contributed by atoms with Crippen LogP contribution in [0.2, 0.25) is 0 Å². The lowest BCUT2D eigenvalue weighted by Crippen LogP contribution is -2.45. The van der Waals surface area contributed by atoms with Crippen molar-refractivity contribution in [3.05, 3.63) is 0 Å². The van der Waals surface area contributed by atoms with Gasteiger partial charge in [0.15, 0.2) is 0 Å². The van der Waals surface area contributed by atoms with Crippen LogP contribution in [0.15, 0.2) is 0 Å². The zero-order valence-corrected chi connectivity index (χ0v) is 16.6. The van der Waals surface area contributed by atoms with Gasteiger partial charge in [0.2, 0.25) is 5.91 Å². The summed E-state index contributed by atoms with van der Waals surface area (Å²) in [5, 5.41) is 6.75. The molecule has 2 heterocycles. The van der Waals surface area contributed by atoms with Crippen LogP contribution in [0.3, 0.4) is 0 Å². The Morgan fingerprint density at radius 3 is 2.46 bits per heavy atom. The number of carbonyl (C=O) groups excluding carboxylic acids is 1. The summed E-state index contributed by atoms with van der Waals surface area (Å²) in [6.07, 6.45) is 8.39. The standard InChI is InChI=1S/C18H33N3O.2ClH/c1-14(16-3-2-8-19-12-16)11-18(22)20-17-6-9-21(10-7-17)13-15-4-5-15;;/h14-17,19H,2-13H2,1H3,(H,20,22);2*1H. The van der Waals surface area contributed by atoms with E-state index < -0.39 is 0 Å². The first kappa shape index (κ1) is 22.0. The van der Waals surface area contributed by atoms with Crippen LogP contribution in [-0.4, -0.2) is 49.6 Å². The van der Waals surface area contributed by atoms with Crippen LogP contribution in [-0.2, 0) is 4.79 Å². The van der Waals surface area contributed by atoms with Crippen LogP contribution in [0.25, 0.3) is 0 Å². The maximum absolute atomic E-state index is 12.3. The Morgan fingerprint density at radius 1 is 1.17 bits per heavy atom. The van der Waals surface area contributed by atoms with E-state index in [0.29, 0.717) is 24.3 Å². The second-order valence-corrected chi connectivity index (χ2v) is 7.87. The first-order chi connectivity index (χ1) is 10.7. The van der Waals surface area contributed by atoms with Crippen LogP contribution in [0.5, 0.6) is 0 Å². The number of hydrogen-bond acceptors (Lipinski definition) is 3. The highest BCUT2D eigenvalue weighted by molar-refractivity contribution is 5.85. The lowest BCUT2D eigenvalue weighted by molar-refractivity contribution is -0.123. The Hall–Kier alpha value is -0.0300. The van der Waals surface area contributed by atoms with E-state index in [4.69, 9.17) is 0 Å². The Morgan fingerprint density at radius 2 is 1.88 bits per heavy atom. The molecule has 1 amide bonds. The molecule has 0 bridgehead atoms. The highest BCUT2D eigenvalue weighted by Gasteiger charge is 2.28. The number of rotatable bonds is 6. The maximum atomic E-state index is 12.3. The third-order valence-corrected chi connectivity index (χ3v) is 5.81. The fraction of sp³-hybridized carbons (Fsp3) is 0.944. The molecule has 1 saturated carbocycles. The molecule has 0 spiro atoms. The van der Waals surface area contributed by atoms with E-state index in [0.717, 1.165) is 31.8 Å². The molecule has 2 aliphatic heterocycles. The van der Waals surface area contributed by atoms with E-state index in [2.05, 4.69) is 22.5 Å². The number of nitrogens with one attached hydrogen (secondary N) is 2. The third-order valence-electron chi connectivity index (χ3n) is 5.81. The van der Waals surface area contributed by atoms with Gasteiger partial charge in [-0.15, -0.1) is 24.8 Å². The zero-order valence-electron chi connectivity index (χ0n) is 15.0. The largest absolute Gasteiger partial charge is 0.353 e. The Labute approximate surface area is 159 Å². The average Bonchev–Trinajstić information content (AvgIpc) is 3.34. The maximum Gasteiger partial charge on any atom is 0.220 e. The van der Waals surface area contributed by atoms with E-state index in [1.807, 2.05) is 0 Å². The van der Waals surface area contributed by atoms with Gasteiger partial charge in [0.1, 0.15) is 0 Å². The average molecular weight is 380 g/mol. The van der Waals surface area contributed by atoms with Crippen molar-refractivity contribution < 1.29 is 4.79 Å². The first-order valence-electron chi connectivity index (χ1n) is 9.43. The molecule has 4 nitrogen and oxygen atoms in total. The van der Waals surface area contributed by atoms with Gasteiger partial charge in [0.05, 0.1) is 0 Å². The molecular weight excluding hydrogens is 345 g/mol. The van der Waals surface area contributed by atoms with Gasteiger partial charge < -0.3 is 15.5 Å². The zero-order chi connectivity index (χ0) is 15.4. The van der Waals surface area contributed by atoms with Crippen molar-refractivity contribution in [2.24, 2.45) is 17.8 Å². The topological polar surface area (TPSA) is 44.4 Å². The molecule has 2 unspecified atom stereocenters. The molecule has 6 heteroatoms. The van der Waals surface area contributed by atoms with Gasteiger partial charge in [-0.25, -0.2) is 0 Å². The van der Waals surface area contributed by atoms with E-state index in [1.165, 1.54) is 45.3 Å². The highest BCUT2D eigenvalue weighted by Crippen LogP contribution is 2.30. The van der Waals surface area contributed by atoms with Gasteiger partial charge in [-0.05, 0) is 69.4 Å². The van der Waals surface area contributed by atoms with Gasteiger partial charge in [-0.1, -0.05) is 6.92 Å². The van der Waals surface area contributed by atoms with Gasteiger partial charge in [-0.3, -0.25) is 4.79 Å². The van der Waals surface area contributed by atoms with Crippen molar-refractivity contribution in [2.45, 2.75) is 57.9 Å². The second kappa shape index (κ2) is 10.8. The lowest BCUT2D eigenvalue weighted by atomic mass is 9.85. The number of nitrogens with zero attached hydrogens (tertiary/aromatic N) is 1. The summed E-state index contributed by atoms with van der Waals surface area (Å²) >= 11 is 0. The van der Waals surface area contributed by atoms with E-state index >= 15 is 0 Å². The van der Waals surface area contributed by atoms with Crippen LogP contribution >= 0.6 is 24.8 Å². The monoisotopic (exact) mass is 379 g/mol. The third kappa shape index (κ3) is 7.07. The molecule has 2 atom stereocenters. The van der Waals surface area contributed by atoms with Crippen molar-refractivity contribution >= 4 is 30.7 Å². The summed E-state index contributed by atoms with van der Waals surface area (Å²) in [4.78, 5) is 14.9. The molecule has 3 rings (SSSR count). The second-order valence-electron chi connectivity index (χ2n) is 7.87. The number of carbonyl (C=O) groups is 1. The highest BCUT2D eigenvalue weighted by atomic mass is 35.5. The molecule has 0 radical (unpaired) electrons. The van der Waals surface area contributed by atoms with Crippen molar-refractivity contribution in [1.82, 2.24) is 15.5 Å². The van der Waals surface area contributed by atoms with E-state index in [1.54, 1.807) is 0 Å². The van der Waals surface area contributed by atoms with Crippen LogP contribution < -0.4 is 10.6 Å². The number of likely N-dealkylation sites (tertiary alicyclic amines) is 1. The molecule has 142 valence electrons. The summed E-state index contributed by atoms with van der Waals surface area (Å²) in [5.41, 5.74) is 0. The SMILES string of the molecule is CC(CC(=O)NC1CCN(CC2CC2)CC1)C1CCCNC1.Cl.Cl. The molecule has 3 fully saturated rings. The fourth-order valence-electron chi connectivity index (χ4n) is 4.04. The Kier molecular flexibility index (Phi) is 9.95.